The summed E-state index contributed by atoms with van der Waals surface area (Å²) in [5.74, 6) is -1.30. The summed E-state index contributed by atoms with van der Waals surface area (Å²) in [5.41, 5.74) is -0.288. The molecule has 0 aliphatic heterocycles. The van der Waals surface area contributed by atoms with E-state index in [-0.39, 0.29) is 15.5 Å². The van der Waals surface area contributed by atoms with Crippen LogP contribution in [0.3, 0.4) is 0 Å². The second kappa shape index (κ2) is 4.62. The number of carbonyl (C=O) groups is 1. The SMILES string of the molecule is CSc1cc(Cl)c(C(=O)O)cc1S(N)(=O)=O. The molecule has 0 saturated carbocycles. The van der Waals surface area contributed by atoms with Gasteiger partial charge in [-0.15, -0.1) is 11.8 Å². The Hall–Kier alpha value is -0.760. The molecule has 88 valence electrons. The Kier molecular flexibility index (Phi) is 3.84. The summed E-state index contributed by atoms with van der Waals surface area (Å²) < 4.78 is 22.5. The third kappa shape index (κ3) is 2.67. The van der Waals surface area contributed by atoms with Crippen LogP contribution in [0.5, 0.6) is 0 Å². The maximum absolute atomic E-state index is 11.2. The van der Waals surface area contributed by atoms with Crippen molar-refractivity contribution in [3.63, 3.8) is 0 Å². The predicted molar refractivity (Wildman–Crippen MR) is 61.6 cm³/mol. The zero-order chi connectivity index (χ0) is 12.5. The molecule has 16 heavy (non-hydrogen) atoms. The first-order chi connectivity index (χ1) is 7.27. The van der Waals surface area contributed by atoms with E-state index in [2.05, 4.69) is 0 Å². The zero-order valence-electron chi connectivity index (χ0n) is 8.10. The minimum absolute atomic E-state index is 0.0238. The highest BCUT2D eigenvalue weighted by Crippen LogP contribution is 2.30. The van der Waals surface area contributed by atoms with Crippen molar-refractivity contribution < 1.29 is 18.3 Å². The molecule has 0 unspecified atom stereocenters. The van der Waals surface area contributed by atoms with E-state index in [0.717, 1.165) is 17.8 Å². The number of rotatable bonds is 3. The van der Waals surface area contributed by atoms with Crippen molar-refractivity contribution in [1.82, 2.24) is 0 Å². The molecule has 0 radical (unpaired) electrons. The number of benzene rings is 1. The van der Waals surface area contributed by atoms with Crippen LogP contribution in [0.4, 0.5) is 0 Å². The van der Waals surface area contributed by atoms with Gasteiger partial charge in [0, 0.05) is 4.90 Å². The Morgan fingerprint density at radius 3 is 2.44 bits per heavy atom. The Labute approximate surface area is 102 Å². The fraction of sp³-hybridized carbons (Fsp3) is 0.125. The molecule has 1 aromatic rings. The standard InChI is InChI=1S/C8H8ClNO4S2/c1-15-6-3-5(9)4(8(11)12)2-7(6)16(10,13)14/h2-3H,1H3,(H,11,12)(H2,10,13,14). The second-order valence-corrected chi connectivity index (χ2v) is 5.62. The van der Waals surface area contributed by atoms with Crippen molar-refractivity contribution in [2.24, 2.45) is 5.14 Å². The maximum atomic E-state index is 11.2. The van der Waals surface area contributed by atoms with Crippen molar-refractivity contribution in [2.75, 3.05) is 6.26 Å². The van der Waals surface area contributed by atoms with Gasteiger partial charge in [-0.25, -0.2) is 18.4 Å². The molecule has 0 heterocycles. The number of carboxylic acids is 1. The van der Waals surface area contributed by atoms with Gasteiger partial charge in [0.05, 0.1) is 15.5 Å². The lowest BCUT2D eigenvalue weighted by Crippen LogP contribution is -2.14. The summed E-state index contributed by atoms with van der Waals surface area (Å²) in [6.45, 7) is 0. The van der Waals surface area contributed by atoms with Gasteiger partial charge in [-0.2, -0.15) is 0 Å². The van der Waals surface area contributed by atoms with E-state index in [1.165, 1.54) is 6.07 Å². The summed E-state index contributed by atoms with van der Waals surface area (Å²) in [7, 11) is -3.96. The number of carboxylic acid groups (broad SMARTS) is 1. The summed E-state index contributed by atoms with van der Waals surface area (Å²) in [4.78, 5) is 10.9. The smallest absolute Gasteiger partial charge is 0.337 e. The van der Waals surface area contributed by atoms with Crippen LogP contribution in [-0.4, -0.2) is 25.7 Å². The highest BCUT2D eigenvalue weighted by Gasteiger charge is 2.19. The molecule has 0 amide bonds. The van der Waals surface area contributed by atoms with Crippen LogP contribution in [0.1, 0.15) is 10.4 Å². The molecular formula is C8H8ClNO4S2. The quantitative estimate of drug-likeness (QED) is 0.816. The van der Waals surface area contributed by atoms with E-state index in [0.29, 0.717) is 4.90 Å². The molecular weight excluding hydrogens is 274 g/mol. The first kappa shape index (κ1) is 13.3. The predicted octanol–water partition coefficient (Wildman–Crippen LogP) is 1.41. The van der Waals surface area contributed by atoms with Crippen molar-refractivity contribution in [3.05, 3.63) is 22.7 Å². The van der Waals surface area contributed by atoms with Crippen LogP contribution in [0.2, 0.25) is 5.02 Å². The normalized spacial score (nSPS) is 11.4. The molecule has 0 aliphatic rings. The monoisotopic (exact) mass is 281 g/mol. The number of thioether (sulfide) groups is 1. The van der Waals surface area contributed by atoms with Crippen LogP contribution < -0.4 is 5.14 Å². The summed E-state index contributed by atoms with van der Waals surface area (Å²) >= 11 is 6.82. The zero-order valence-corrected chi connectivity index (χ0v) is 10.5. The molecule has 0 aromatic heterocycles. The molecule has 0 bridgehead atoms. The van der Waals surface area contributed by atoms with Crippen LogP contribution in [0.15, 0.2) is 21.9 Å². The summed E-state index contributed by atoms with van der Waals surface area (Å²) in [6, 6.07) is 2.24. The van der Waals surface area contributed by atoms with Crippen LogP contribution in [-0.2, 0) is 10.0 Å². The Bertz CT molecular complexity index is 541. The van der Waals surface area contributed by atoms with E-state index in [9.17, 15) is 13.2 Å². The summed E-state index contributed by atoms with van der Waals surface area (Å²) in [5, 5.41) is 13.7. The van der Waals surface area contributed by atoms with E-state index >= 15 is 0 Å². The number of aromatic carboxylic acids is 1. The minimum Gasteiger partial charge on any atom is -0.478 e. The number of hydrogen-bond acceptors (Lipinski definition) is 4. The molecule has 8 heteroatoms. The molecule has 0 spiro atoms. The molecule has 0 saturated heterocycles. The van der Waals surface area contributed by atoms with Gasteiger partial charge < -0.3 is 5.11 Å². The number of hydrogen-bond donors (Lipinski definition) is 2. The van der Waals surface area contributed by atoms with E-state index < -0.39 is 16.0 Å². The van der Waals surface area contributed by atoms with Crippen LogP contribution in [0.25, 0.3) is 0 Å². The number of sulfonamides is 1. The van der Waals surface area contributed by atoms with Gasteiger partial charge in [0.2, 0.25) is 10.0 Å². The fourth-order valence-electron chi connectivity index (χ4n) is 1.08. The lowest BCUT2D eigenvalue weighted by Gasteiger charge is -2.08. The highest BCUT2D eigenvalue weighted by molar-refractivity contribution is 7.99. The second-order valence-electron chi connectivity index (χ2n) is 2.83. The third-order valence-corrected chi connectivity index (χ3v) is 3.96. The first-order valence-corrected chi connectivity index (χ1v) is 7.06. The summed E-state index contributed by atoms with van der Waals surface area (Å²) in [6.07, 6.45) is 1.64. The molecule has 0 atom stereocenters. The van der Waals surface area contributed by atoms with Crippen molar-refractivity contribution >= 4 is 39.4 Å². The minimum atomic E-state index is -3.96. The van der Waals surface area contributed by atoms with Crippen LogP contribution in [0, 0.1) is 0 Å². The largest absolute Gasteiger partial charge is 0.478 e. The lowest BCUT2D eigenvalue weighted by molar-refractivity contribution is 0.0696. The number of primary sulfonamides is 1. The lowest BCUT2D eigenvalue weighted by atomic mass is 10.2. The molecule has 3 N–H and O–H groups in total. The van der Waals surface area contributed by atoms with Crippen molar-refractivity contribution in [3.8, 4) is 0 Å². The van der Waals surface area contributed by atoms with Crippen molar-refractivity contribution in [1.29, 1.82) is 0 Å². The average Bonchev–Trinajstić information content (AvgIpc) is 2.14. The molecule has 5 nitrogen and oxygen atoms in total. The van der Waals surface area contributed by atoms with Gasteiger partial charge in [0.1, 0.15) is 0 Å². The topological polar surface area (TPSA) is 97.5 Å². The molecule has 0 fully saturated rings. The Morgan fingerprint density at radius 1 is 1.50 bits per heavy atom. The average molecular weight is 282 g/mol. The van der Waals surface area contributed by atoms with Gasteiger partial charge in [-0.05, 0) is 18.4 Å². The van der Waals surface area contributed by atoms with E-state index in [1.54, 1.807) is 6.26 Å². The van der Waals surface area contributed by atoms with Crippen molar-refractivity contribution in [2.45, 2.75) is 9.79 Å². The van der Waals surface area contributed by atoms with E-state index in [1.807, 2.05) is 0 Å². The van der Waals surface area contributed by atoms with E-state index in [4.69, 9.17) is 21.8 Å². The highest BCUT2D eigenvalue weighted by atomic mass is 35.5. The Morgan fingerprint density at radius 2 is 2.06 bits per heavy atom. The van der Waals surface area contributed by atoms with Gasteiger partial charge in [0.25, 0.3) is 0 Å². The molecule has 1 rings (SSSR count). The first-order valence-electron chi connectivity index (χ1n) is 3.91. The fourth-order valence-corrected chi connectivity index (χ4v) is 3.11. The number of halogens is 1. The molecule has 1 aromatic carbocycles. The maximum Gasteiger partial charge on any atom is 0.337 e. The number of nitrogens with two attached hydrogens (primary N) is 1. The van der Waals surface area contributed by atoms with Gasteiger partial charge >= 0.3 is 5.97 Å². The van der Waals surface area contributed by atoms with Gasteiger partial charge in [-0.3, -0.25) is 0 Å². The third-order valence-electron chi connectivity index (χ3n) is 1.79. The Balaban J connectivity index is 3.60. The van der Waals surface area contributed by atoms with Crippen LogP contribution >= 0.6 is 23.4 Å². The van der Waals surface area contributed by atoms with Gasteiger partial charge in [0.15, 0.2) is 0 Å². The molecule has 0 aliphatic carbocycles. The van der Waals surface area contributed by atoms with Gasteiger partial charge in [-0.1, -0.05) is 11.6 Å².